The van der Waals surface area contributed by atoms with E-state index < -0.39 is 5.60 Å². The molecule has 0 aliphatic carbocycles. The van der Waals surface area contributed by atoms with Crippen LogP contribution in [0.1, 0.15) is 34.6 Å². The first-order valence-corrected chi connectivity index (χ1v) is 7.49. The second-order valence-electron chi connectivity index (χ2n) is 5.82. The van der Waals surface area contributed by atoms with E-state index >= 15 is 0 Å². The van der Waals surface area contributed by atoms with Gasteiger partial charge in [0.2, 0.25) is 0 Å². The first-order chi connectivity index (χ1) is 8.22. The van der Waals surface area contributed by atoms with Crippen molar-refractivity contribution in [2.45, 2.75) is 46.3 Å². The van der Waals surface area contributed by atoms with Gasteiger partial charge in [0.15, 0.2) is 5.78 Å². The molecule has 1 saturated heterocycles. The average molecular weight is 273 g/mol. The molecule has 0 saturated carbocycles. The molecule has 1 atom stereocenters. The molecule has 1 fully saturated rings. The highest BCUT2D eigenvalue weighted by atomic mass is 32.2. The van der Waals surface area contributed by atoms with Gasteiger partial charge in [0.25, 0.3) is 0 Å². The molecule has 1 aliphatic rings. The maximum absolute atomic E-state index is 12.1. The molecule has 0 aromatic rings. The molecule has 0 N–H and O–H groups in total. The second-order valence-corrected chi connectivity index (χ2v) is 6.97. The van der Waals surface area contributed by atoms with Gasteiger partial charge in [-0.25, -0.2) is 4.79 Å². The number of carbonyl (C=O) groups is 2. The zero-order chi connectivity index (χ0) is 13.9. The molecule has 0 bridgehead atoms. The molecule has 0 radical (unpaired) electrons. The standard InChI is InChI=1S/C13H23NO3S/c1-9(2)11(15)10-8-18-7-6-14(10)12(16)17-13(3,4)5/h9-10H,6-8H2,1-5H3. The van der Waals surface area contributed by atoms with E-state index in [1.807, 2.05) is 34.6 Å². The molecule has 1 heterocycles. The Balaban J connectivity index is 2.76. The Morgan fingerprint density at radius 1 is 1.33 bits per heavy atom. The van der Waals surface area contributed by atoms with E-state index in [4.69, 9.17) is 4.74 Å². The number of thioether (sulfide) groups is 1. The van der Waals surface area contributed by atoms with Crippen LogP contribution >= 0.6 is 11.8 Å². The van der Waals surface area contributed by atoms with Gasteiger partial charge in [-0.1, -0.05) is 13.8 Å². The summed E-state index contributed by atoms with van der Waals surface area (Å²) in [7, 11) is 0. The summed E-state index contributed by atoms with van der Waals surface area (Å²) in [6.07, 6.45) is -0.373. The fraction of sp³-hybridized carbons (Fsp3) is 0.846. The number of hydrogen-bond donors (Lipinski definition) is 0. The molecule has 1 aliphatic heterocycles. The van der Waals surface area contributed by atoms with E-state index in [0.29, 0.717) is 12.3 Å². The van der Waals surface area contributed by atoms with Crippen LogP contribution in [0.15, 0.2) is 0 Å². The molecule has 18 heavy (non-hydrogen) atoms. The van der Waals surface area contributed by atoms with Crippen LogP contribution in [0.3, 0.4) is 0 Å². The van der Waals surface area contributed by atoms with E-state index in [2.05, 4.69) is 0 Å². The number of amides is 1. The molecule has 4 nitrogen and oxygen atoms in total. The molecule has 0 spiro atoms. The highest BCUT2D eigenvalue weighted by molar-refractivity contribution is 7.99. The lowest BCUT2D eigenvalue weighted by Crippen LogP contribution is -2.52. The Kier molecular flexibility index (Phi) is 5.08. The maximum atomic E-state index is 12.1. The van der Waals surface area contributed by atoms with Crippen molar-refractivity contribution in [2.75, 3.05) is 18.1 Å². The Morgan fingerprint density at radius 2 is 1.94 bits per heavy atom. The maximum Gasteiger partial charge on any atom is 0.410 e. The molecule has 1 unspecified atom stereocenters. The molecular weight excluding hydrogens is 250 g/mol. The van der Waals surface area contributed by atoms with Gasteiger partial charge in [-0.2, -0.15) is 11.8 Å². The summed E-state index contributed by atoms with van der Waals surface area (Å²) in [6, 6.07) is -0.335. The molecule has 104 valence electrons. The van der Waals surface area contributed by atoms with Crippen LogP contribution in [0.2, 0.25) is 0 Å². The van der Waals surface area contributed by atoms with Crippen LogP contribution < -0.4 is 0 Å². The Bertz CT molecular complexity index is 323. The fourth-order valence-electron chi connectivity index (χ4n) is 1.76. The summed E-state index contributed by atoms with van der Waals surface area (Å²) >= 11 is 1.72. The predicted octanol–water partition coefficient (Wildman–Crippen LogP) is 2.56. The molecule has 1 amide bonds. The van der Waals surface area contributed by atoms with Gasteiger partial charge in [0.05, 0.1) is 0 Å². The van der Waals surface area contributed by atoms with Gasteiger partial charge in [-0.3, -0.25) is 9.69 Å². The normalized spacial score (nSPS) is 21.0. The van der Waals surface area contributed by atoms with Crippen molar-refractivity contribution in [2.24, 2.45) is 5.92 Å². The zero-order valence-electron chi connectivity index (χ0n) is 11.9. The van der Waals surface area contributed by atoms with E-state index in [9.17, 15) is 9.59 Å². The van der Waals surface area contributed by atoms with Crippen LogP contribution in [0, 0.1) is 5.92 Å². The number of ether oxygens (including phenoxy) is 1. The number of rotatable bonds is 2. The molecule has 1 rings (SSSR count). The van der Waals surface area contributed by atoms with Gasteiger partial charge in [0, 0.05) is 24.0 Å². The minimum Gasteiger partial charge on any atom is -0.444 e. The van der Waals surface area contributed by atoms with E-state index in [1.54, 1.807) is 16.7 Å². The Labute approximate surface area is 113 Å². The minimum atomic E-state index is -0.521. The zero-order valence-corrected chi connectivity index (χ0v) is 12.7. The van der Waals surface area contributed by atoms with Gasteiger partial charge in [0.1, 0.15) is 11.6 Å². The van der Waals surface area contributed by atoms with Crippen molar-refractivity contribution in [3.8, 4) is 0 Å². The third kappa shape index (κ3) is 4.19. The third-order valence-electron chi connectivity index (χ3n) is 2.65. The monoisotopic (exact) mass is 273 g/mol. The molecule has 0 aromatic carbocycles. The van der Waals surface area contributed by atoms with Crippen molar-refractivity contribution in [3.05, 3.63) is 0 Å². The summed E-state index contributed by atoms with van der Waals surface area (Å²) in [4.78, 5) is 25.8. The Morgan fingerprint density at radius 3 is 2.44 bits per heavy atom. The van der Waals surface area contributed by atoms with Crippen LogP contribution in [0.5, 0.6) is 0 Å². The Hall–Kier alpha value is -0.710. The van der Waals surface area contributed by atoms with E-state index in [1.165, 1.54) is 0 Å². The number of ketones is 1. The lowest BCUT2D eigenvalue weighted by Gasteiger charge is -2.36. The van der Waals surface area contributed by atoms with E-state index in [-0.39, 0.29) is 23.8 Å². The average Bonchev–Trinajstić information content (AvgIpc) is 2.25. The first-order valence-electron chi connectivity index (χ1n) is 6.33. The van der Waals surface area contributed by atoms with Crippen LogP contribution in [0.4, 0.5) is 4.79 Å². The summed E-state index contributed by atoms with van der Waals surface area (Å²) in [5, 5.41) is 0. The number of hydrogen-bond acceptors (Lipinski definition) is 4. The van der Waals surface area contributed by atoms with Crippen LogP contribution in [0.25, 0.3) is 0 Å². The van der Waals surface area contributed by atoms with Crippen molar-refractivity contribution >= 4 is 23.6 Å². The number of nitrogens with zero attached hydrogens (tertiary/aromatic N) is 1. The summed E-state index contributed by atoms with van der Waals surface area (Å²) < 4.78 is 5.36. The topological polar surface area (TPSA) is 46.6 Å². The smallest absolute Gasteiger partial charge is 0.410 e. The van der Waals surface area contributed by atoms with Crippen molar-refractivity contribution < 1.29 is 14.3 Å². The molecule has 0 aromatic heterocycles. The van der Waals surface area contributed by atoms with Crippen LogP contribution in [-0.2, 0) is 9.53 Å². The lowest BCUT2D eigenvalue weighted by atomic mass is 10.0. The fourth-order valence-corrected chi connectivity index (χ4v) is 2.82. The quantitative estimate of drug-likeness (QED) is 0.776. The third-order valence-corrected chi connectivity index (χ3v) is 3.68. The number of Topliss-reactive ketones (excluding diaryl/α,β-unsaturated/α-hetero) is 1. The van der Waals surface area contributed by atoms with Gasteiger partial charge >= 0.3 is 6.09 Å². The summed E-state index contributed by atoms with van der Waals surface area (Å²) in [5.41, 5.74) is -0.521. The summed E-state index contributed by atoms with van der Waals surface area (Å²) in [6.45, 7) is 9.83. The molecule has 5 heteroatoms. The lowest BCUT2D eigenvalue weighted by molar-refractivity contribution is -0.126. The summed E-state index contributed by atoms with van der Waals surface area (Å²) in [5.74, 6) is 1.60. The second kappa shape index (κ2) is 5.95. The van der Waals surface area contributed by atoms with Crippen LogP contribution in [-0.4, -0.2) is 46.5 Å². The van der Waals surface area contributed by atoms with Crippen molar-refractivity contribution in [3.63, 3.8) is 0 Å². The van der Waals surface area contributed by atoms with Gasteiger partial charge < -0.3 is 4.74 Å². The molecular formula is C13H23NO3S. The SMILES string of the molecule is CC(C)C(=O)C1CSCCN1C(=O)OC(C)(C)C. The highest BCUT2D eigenvalue weighted by Crippen LogP contribution is 2.22. The first kappa shape index (κ1) is 15.3. The minimum absolute atomic E-state index is 0.0568. The van der Waals surface area contributed by atoms with Crippen molar-refractivity contribution in [1.82, 2.24) is 4.90 Å². The van der Waals surface area contributed by atoms with Gasteiger partial charge in [-0.15, -0.1) is 0 Å². The van der Waals surface area contributed by atoms with E-state index in [0.717, 1.165) is 5.75 Å². The van der Waals surface area contributed by atoms with Crippen molar-refractivity contribution in [1.29, 1.82) is 0 Å². The largest absolute Gasteiger partial charge is 0.444 e. The predicted molar refractivity (Wildman–Crippen MR) is 73.9 cm³/mol. The highest BCUT2D eigenvalue weighted by Gasteiger charge is 2.35. The van der Waals surface area contributed by atoms with Gasteiger partial charge in [-0.05, 0) is 20.8 Å². The number of carbonyl (C=O) groups excluding carboxylic acids is 2.